The van der Waals surface area contributed by atoms with Gasteiger partial charge in [0.05, 0.1) is 5.52 Å². The molecule has 0 spiro atoms. The number of aromatic nitrogens is 6. The molecule has 1 aliphatic rings. The molecule has 8 nitrogen and oxygen atoms in total. The zero-order valence-corrected chi connectivity index (χ0v) is 13.5. The maximum absolute atomic E-state index is 4.52. The summed E-state index contributed by atoms with van der Waals surface area (Å²) in [5.74, 6) is 1.88. The summed E-state index contributed by atoms with van der Waals surface area (Å²) in [7, 11) is 0. The maximum Gasteiger partial charge on any atom is 0.203 e. The van der Waals surface area contributed by atoms with Crippen molar-refractivity contribution in [2.75, 3.05) is 36.0 Å². The molecule has 0 unspecified atom stereocenters. The Hall–Kier alpha value is -3.29. The molecule has 25 heavy (non-hydrogen) atoms. The van der Waals surface area contributed by atoms with Crippen LogP contribution in [0.4, 0.5) is 11.6 Å². The molecule has 0 atom stereocenters. The van der Waals surface area contributed by atoms with Gasteiger partial charge in [0.25, 0.3) is 0 Å². The van der Waals surface area contributed by atoms with Crippen LogP contribution in [0, 0.1) is 0 Å². The van der Waals surface area contributed by atoms with E-state index < -0.39 is 0 Å². The van der Waals surface area contributed by atoms with Crippen molar-refractivity contribution in [3.05, 3.63) is 49.3 Å². The first-order valence-corrected chi connectivity index (χ1v) is 8.24. The third-order valence-electron chi connectivity index (χ3n) is 4.60. The number of hydrogen-bond donors (Lipinski definition) is 0. The van der Waals surface area contributed by atoms with Crippen LogP contribution in [0.1, 0.15) is 0 Å². The fourth-order valence-electron chi connectivity index (χ4n) is 3.34. The third kappa shape index (κ3) is 2.34. The topological polar surface area (TPSA) is 75.3 Å². The van der Waals surface area contributed by atoms with Gasteiger partial charge in [-0.3, -0.25) is 4.40 Å². The molecule has 4 aromatic rings. The average Bonchev–Trinajstić information content (AvgIpc) is 3.17. The molecule has 1 saturated heterocycles. The number of anilines is 2. The first kappa shape index (κ1) is 14.1. The number of para-hydroxylation sites is 1. The van der Waals surface area contributed by atoms with E-state index in [1.54, 1.807) is 18.9 Å². The van der Waals surface area contributed by atoms with E-state index in [-0.39, 0.29) is 0 Å². The van der Waals surface area contributed by atoms with Crippen molar-refractivity contribution in [1.29, 1.82) is 0 Å². The second-order valence-electron chi connectivity index (χ2n) is 6.00. The van der Waals surface area contributed by atoms with Gasteiger partial charge in [-0.2, -0.15) is 0 Å². The largest absolute Gasteiger partial charge is 0.352 e. The second-order valence-corrected chi connectivity index (χ2v) is 6.00. The van der Waals surface area contributed by atoms with Crippen LogP contribution < -0.4 is 9.80 Å². The molecule has 124 valence electrons. The van der Waals surface area contributed by atoms with Gasteiger partial charge < -0.3 is 9.80 Å². The van der Waals surface area contributed by atoms with Gasteiger partial charge >= 0.3 is 0 Å². The Bertz CT molecular complexity index is 1030. The average molecular weight is 332 g/mol. The summed E-state index contributed by atoms with van der Waals surface area (Å²) in [5.41, 5.74) is 1.77. The normalized spacial score (nSPS) is 15.2. The highest BCUT2D eigenvalue weighted by Crippen LogP contribution is 2.25. The SMILES string of the molecule is c1ccc2c(N3CCN(c4nccn5cnnc45)CC3)ncnc2c1. The minimum absolute atomic E-state index is 0.795. The Morgan fingerprint density at radius 3 is 2.52 bits per heavy atom. The molecule has 5 rings (SSSR count). The van der Waals surface area contributed by atoms with Crippen LogP contribution in [0.5, 0.6) is 0 Å². The van der Waals surface area contributed by atoms with Crippen LogP contribution >= 0.6 is 0 Å². The monoisotopic (exact) mass is 332 g/mol. The molecule has 0 bridgehead atoms. The van der Waals surface area contributed by atoms with Crippen molar-refractivity contribution < 1.29 is 0 Å². The van der Waals surface area contributed by atoms with Crippen molar-refractivity contribution in [2.45, 2.75) is 0 Å². The van der Waals surface area contributed by atoms with E-state index in [4.69, 9.17) is 0 Å². The molecule has 0 N–H and O–H groups in total. The highest BCUT2D eigenvalue weighted by Gasteiger charge is 2.22. The highest BCUT2D eigenvalue weighted by molar-refractivity contribution is 5.89. The van der Waals surface area contributed by atoms with Gasteiger partial charge in [-0.25, -0.2) is 15.0 Å². The Morgan fingerprint density at radius 2 is 1.64 bits per heavy atom. The lowest BCUT2D eigenvalue weighted by molar-refractivity contribution is 0.643. The van der Waals surface area contributed by atoms with E-state index in [9.17, 15) is 0 Å². The van der Waals surface area contributed by atoms with Crippen LogP contribution in [-0.2, 0) is 0 Å². The smallest absolute Gasteiger partial charge is 0.203 e. The Kier molecular flexibility index (Phi) is 3.19. The molecule has 1 fully saturated rings. The fraction of sp³-hybridized carbons (Fsp3) is 0.235. The summed E-state index contributed by atoms with van der Waals surface area (Å²) >= 11 is 0. The van der Waals surface area contributed by atoms with E-state index in [1.807, 2.05) is 28.8 Å². The van der Waals surface area contributed by atoms with Crippen LogP contribution in [0.3, 0.4) is 0 Å². The van der Waals surface area contributed by atoms with Gasteiger partial charge in [-0.15, -0.1) is 10.2 Å². The maximum atomic E-state index is 4.52. The standard InChI is InChI=1S/C17H16N8/c1-2-4-14-13(3-1)15(20-11-19-14)23-7-9-24(10-8-23)16-17-22-21-12-25(17)6-5-18-16/h1-6,11-12H,7-10H2. The third-order valence-corrected chi connectivity index (χ3v) is 4.60. The summed E-state index contributed by atoms with van der Waals surface area (Å²) in [4.78, 5) is 17.9. The lowest BCUT2D eigenvalue weighted by atomic mass is 10.2. The molecule has 0 aliphatic carbocycles. The minimum Gasteiger partial charge on any atom is -0.352 e. The van der Waals surface area contributed by atoms with Gasteiger partial charge in [0.2, 0.25) is 5.65 Å². The summed E-state index contributed by atoms with van der Waals surface area (Å²) in [5, 5.41) is 9.25. The number of piperazine rings is 1. The zero-order valence-electron chi connectivity index (χ0n) is 13.5. The van der Waals surface area contributed by atoms with Crippen LogP contribution in [0.25, 0.3) is 16.6 Å². The molecule has 0 saturated carbocycles. The Morgan fingerprint density at radius 1 is 0.840 bits per heavy atom. The zero-order chi connectivity index (χ0) is 16.6. The van der Waals surface area contributed by atoms with Gasteiger partial charge in [0, 0.05) is 44.0 Å². The van der Waals surface area contributed by atoms with Crippen LogP contribution in [-0.4, -0.2) is 55.7 Å². The van der Waals surface area contributed by atoms with E-state index in [0.717, 1.165) is 54.4 Å². The van der Waals surface area contributed by atoms with E-state index >= 15 is 0 Å². The van der Waals surface area contributed by atoms with Crippen molar-refractivity contribution in [3.63, 3.8) is 0 Å². The van der Waals surface area contributed by atoms with E-state index in [0.29, 0.717) is 0 Å². The molecular weight excluding hydrogens is 316 g/mol. The number of nitrogens with zero attached hydrogens (tertiary/aromatic N) is 8. The highest BCUT2D eigenvalue weighted by atomic mass is 15.3. The van der Waals surface area contributed by atoms with Crippen LogP contribution in [0.2, 0.25) is 0 Å². The molecule has 0 amide bonds. The van der Waals surface area contributed by atoms with Crippen molar-refractivity contribution in [2.24, 2.45) is 0 Å². The van der Waals surface area contributed by atoms with E-state index in [2.05, 4.69) is 41.0 Å². The Balaban J connectivity index is 1.42. The lowest BCUT2D eigenvalue weighted by Crippen LogP contribution is -2.47. The van der Waals surface area contributed by atoms with Crippen molar-refractivity contribution >= 4 is 28.2 Å². The molecule has 0 radical (unpaired) electrons. The predicted molar refractivity (Wildman–Crippen MR) is 94.7 cm³/mol. The first-order valence-electron chi connectivity index (χ1n) is 8.24. The van der Waals surface area contributed by atoms with Gasteiger partial charge in [-0.05, 0) is 12.1 Å². The quantitative estimate of drug-likeness (QED) is 0.549. The summed E-state index contributed by atoms with van der Waals surface area (Å²) in [6, 6.07) is 8.13. The summed E-state index contributed by atoms with van der Waals surface area (Å²) in [6.45, 7) is 3.46. The Labute approximate surface area is 143 Å². The minimum atomic E-state index is 0.795. The van der Waals surface area contributed by atoms with Crippen LogP contribution in [0.15, 0.2) is 49.3 Å². The van der Waals surface area contributed by atoms with Gasteiger partial charge in [-0.1, -0.05) is 12.1 Å². The fourth-order valence-corrected chi connectivity index (χ4v) is 3.34. The summed E-state index contributed by atoms with van der Waals surface area (Å²) in [6.07, 6.45) is 6.99. The number of rotatable bonds is 2. The summed E-state index contributed by atoms with van der Waals surface area (Å²) < 4.78 is 1.90. The number of benzene rings is 1. The predicted octanol–water partition coefficient (Wildman–Crippen LogP) is 1.39. The van der Waals surface area contributed by atoms with Crippen molar-refractivity contribution in [1.82, 2.24) is 29.5 Å². The molecule has 4 heterocycles. The lowest BCUT2D eigenvalue weighted by Gasteiger charge is -2.36. The molecular formula is C17H16N8. The van der Waals surface area contributed by atoms with Gasteiger partial charge in [0.15, 0.2) is 5.82 Å². The molecule has 1 aromatic carbocycles. The van der Waals surface area contributed by atoms with Gasteiger partial charge in [0.1, 0.15) is 18.5 Å². The van der Waals surface area contributed by atoms with Crippen molar-refractivity contribution in [3.8, 4) is 0 Å². The molecule has 3 aromatic heterocycles. The number of hydrogen-bond acceptors (Lipinski definition) is 7. The second kappa shape index (κ2) is 5.66. The first-order chi connectivity index (χ1) is 12.4. The van der Waals surface area contributed by atoms with E-state index in [1.165, 1.54) is 0 Å². The number of fused-ring (bicyclic) bond motifs is 2. The molecule has 1 aliphatic heterocycles. The molecule has 8 heteroatoms.